The van der Waals surface area contributed by atoms with E-state index in [1.54, 1.807) is 0 Å². The molecule has 0 aliphatic carbocycles. The van der Waals surface area contributed by atoms with Crippen LogP contribution < -0.4 is 10.2 Å². The first kappa shape index (κ1) is 14.5. The van der Waals surface area contributed by atoms with Crippen molar-refractivity contribution in [3.63, 3.8) is 0 Å². The Bertz CT molecular complexity index is 536. The smallest absolute Gasteiger partial charge is 0.128 e. The van der Waals surface area contributed by atoms with Crippen LogP contribution in [0.4, 0.5) is 5.82 Å². The van der Waals surface area contributed by atoms with E-state index < -0.39 is 0 Å². The average molecular weight is 270 g/mol. The van der Waals surface area contributed by atoms with Gasteiger partial charge in [0, 0.05) is 25.5 Å². The van der Waals surface area contributed by atoms with E-state index in [0.717, 1.165) is 36.8 Å². The van der Waals surface area contributed by atoms with Gasteiger partial charge in [-0.05, 0) is 37.2 Å². The molecule has 0 aliphatic rings. The largest absolute Gasteiger partial charge is 0.354 e. The van der Waals surface area contributed by atoms with Crippen LogP contribution in [0.2, 0.25) is 0 Å². The molecule has 0 atom stereocenters. The summed E-state index contributed by atoms with van der Waals surface area (Å²) in [6.45, 7) is 6.72. The molecule has 0 fully saturated rings. The van der Waals surface area contributed by atoms with Gasteiger partial charge in [0.1, 0.15) is 5.82 Å². The number of anilines is 1. The summed E-state index contributed by atoms with van der Waals surface area (Å²) in [4.78, 5) is 11.1. The van der Waals surface area contributed by atoms with Crippen LogP contribution in [-0.4, -0.2) is 23.6 Å². The van der Waals surface area contributed by atoms with Gasteiger partial charge in [0.2, 0.25) is 0 Å². The second kappa shape index (κ2) is 7.01. The second-order valence-electron chi connectivity index (χ2n) is 4.93. The highest BCUT2D eigenvalue weighted by atomic mass is 15.2. The highest BCUT2D eigenvalue weighted by Crippen LogP contribution is 2.12. The van der Waals surface area contributed by atoms with E-state index in [4.69, 9.17) is 0 Å². The molecule has 2 aromatic heterocycles. The number of hydrogen-bond acceptors (Lipinski definition) is 4. The standard InChI is InChI=1S/C16H22N4/c1-4-17-10-14-8-9-16(18-11-14)20(3)12-15-7-5-6-13(2)19-15/h5-9,11,17H,4,10,12H2,1-3H3. The van der Waals surface area contributed by atoms with Crippen molar-refractivity contribution in [2.75, 3.05) is 18.5 Å². The van der Waals surface area contributed by atoms with Gasteiger partial charge in [-0.15, -0.1) is 0 Å². The number of rotatable bonds is 6. The summed E-state index contributed by atoms with van der Waals surface area (Å²) in [5.74, 6) is 0.966. The molecule has 0 spiro atoms. The van der Waals surface area contributed by atoms with E-state index in [-0.39, 0.29) is 0 Å². The molecular formula is C16H22N4. The number of nitrogens with zero attached hydrogens (tertiary/aromatic N) is 3. The molecule has 4 heteroatoms. The average Bonchev–Trinajstić information content (AvgIpc) is 2.45. The van der Waals surface area contributed by atoms with Crippen LogP contribution in [0.25, 0.3) is 0 Å². The van der Waals surface area contributed by atoms with E-state index in [0.29, 0.717) is 0 Å². The summed E-state index contributed by atoms with van der Waals surface area (Å²) in [6, 6.07) is 10.3. The topological polar surface area (TPSA) is 41.0 Å². The first-order valence-corrected chi connectivity index (χ1v) is 6.98. The Morgan fingerprint density at radius 2 is 2.05 bits per heavy atom. The predicted molar refractivity (Wildman–Crippen MR) is 82.7 cm³/mol. The Hall–Kier alpha value is -1.94. The number of hydrogen-bond donors (Lipinski definition) is 1. The minimum atomic E-state index is 0.765. The van der Waals surface area contributed by atoms with E-state index in [1.165, 1.54) is 5.56 Å². The summed E-state index contributed by atoms with van der Waals surface area (Å²) in [6.07, 6.45) is 1.93. The molecule has 0 amide bonds. The minimum absolute atomic E-state index is 0.765. The molecular weight excluding hydrogens is 248 g/mol. The summed E-state index contributed by atoms with van der Waals surface area (Å²) >= 11 is 0. The minimum Gasteiger partial charge on any atom is -0.354 e. The predicted octanol–water partition coefficient (Wildman–Crippen LogP) is 2.53. The molecule has 2 aromatic rings. The van der Waals surface area contributed by atoms with Gasteiger partial charge in [-0.3, -0.25) is 4.98 Å². The molecule has 20 heavy (non-hydrogen) atoms. The molecule has 2 rings (SSSR count). The molecule has 106 valence electrons. The molecule has 0 unspecified atom stereocenters. The second-order valence-corrected chi connectivity index (χ2v) is 4.93. The third-order valence-corrected chi connectivity index (χ3v) is 3.12. The van der Waals surface area contributed by atoms with Crippen molar-refractivity contribution in [1.82, 2.24) is 15.3 Å². The van der Waals surface area contributed by atoms with E-state index >= 15 is 0 Å². The highest BCUT2D eigenvalue weighted by molar-refractivity contribution is 5.38. The number of aromatic nitrogens is 2. The lowest BCUT2D eigenvalue weighted by Crippen LogP contribution is -2.19. The van der Waals surface area contributed by atoms with Crippen molar-refractivity contribution in [3.8, 4) is 0 Å². The zero-order chi connectivity index (χ0) is 14.4. The number of pyridine rings is 2. The van der Waals surface area contributed by atoms with Crippen LogP contribution in [0.1, 0.15) is 23.9 Å². The Kier molecular flexibility index (Phi) is 5.07. The van der Waals surface area contributed by atoms with Gasteiger partial charge in [0.05, 0.1) is 12.2 Å². The maximum atomic E-state index is 4.52. The first-order chi connectivity index (χ1) is 9.69. The Labute approximate surface area is 120 Å². The van der Waals surface area contributed by atoms with Crippen molar-refractivity contribution in [2.24, 2.45) is 0 Å². The lowest BCUT2D eigenvalue weighted by molar-refractivity contribution is 0.723. The number of nitrogens with one attached hydrogen (secondary N) is 1. The zero-order valence-corrected chi connectivity index (χ0v) is 12.4. The molecule has 0 saturated heterocycles. The number of aryl methyl sites for hydroxylation is 1. The van der Waals surface area contributed by atoms with Gasteiger partial charge in [0.15, 0.2) is 0 Å². The normalized spacial score (nSPS) is 10.6. The molecule has 0 bridgehead atoms. The quantitative estimate of drug-likeness (QED) is 0.876. The summed E-state index contributed by atoms with van der Waals surface area (Å²) in [5.41, 5.74) is 3.31. The zero-order valence-electron chi connectivity index (χ0n) is 12.4. The maximum absolute atomic E-state index is 4.52. The van der Waals surface area contributed by atoms with Crippen molar-refractivity contribution in [1.29, 1.82) is 0 Å². The van der Waals surface area contributed by atoms with E-state index in [2.05, 4.69) is 39.2 Å². The molecule has 0 saturated carbocycles. The van der Waals surface area contributed by atoms with E-state index in [1.807, 2.05) is 38.4 Å². The van der Waals surface area contributed by atoms with Crippen LogP contribution in [-0.2, 0) is 13.1 Å². The maximum Gasteiger partial charge on any atom is 0.128 e. The van der Waals surface area contributed by atoms with Crippen LogP contribution in [0, 0.1) is 6.92 Å². The van der Waals surface area contributed by atoms with Gasteiger partial charge in [0.25, 0.3) is 0 Å². The third kappa shape index (κ3) is 4.03. The van der Waals surface area contributed by atoms with Gasteiger partial charge in [-0.2, -0.15) is 0 Å². The molecule has 4 nitrogen and oxygen atoms in total. The van der Waals surface area contributed by atoms with Gasteiger partial charge >= 0.3 is 0 Å². The first-order valence-electron chi connectivity index (χ1n) is 6.98. The van der Waals surface area contributed by atoms with Gasteiger partial charge in [-0.1, -0.05) is 19.1 Å². The lowest BCUT2D eigenvalue weighted by Gasteiger charge is -2.18. The third-order valence-electron chi connectivity index (χ3n) is 3.12. The summed E-state index contributed by atoms with van der Waals surface area (Å²) in [5, 5.41) is 3.30. The molecule has 1 N–H and O–H groups in total. The van der Waals surface area contributed by atoms with Crippen LogP contribution >= 0.6 is 0 Å². The molecule has 0 aliphatic heterocycles. The van der Waals surface area contributed by atoms with Crippen molar-refractivity contribution < 1.29 is 0 Å². The summed E-state index contributed by atoms with van der Waals surface area (Å²) < 4.78 is 0. The van der Waals surface area contributed by atoms with Crippen molar-refractivity contribution in [3.05, 3.63) is 53.5 Å². The van der Waals surface area contributed by atoms with E-state index in [9.17, 15) is 0 Å². The highest BCUT2D eigenvalue weighted by Gasteiger charge is 2.04. The molecule has 0 aromatic carbocycles. The molecule has 0 radical (unpaired) electrons. The van der Waals surface area contributed by atoms with Gasteiger partial charge < -0.3 is 10.2 Å². The Balaban J connectivity index is 2.00. The van der Waals surface area contributed by atoms with Crippen LogP contribution in [0.3, 0.4) is 0 Å². The summed E-state index contributed by atoms with van der Waals surface area (Å²) in [7, 11) is 2.04. The fourth-order valence-electron chi connectivity index (χ4n) is 2.03. The monoisotopic (exact) mass is 270 g/mol. The van der Waals surface area contributed by atoms with Crippen molar-refractivity contribution >= 4 is 5.82 Å². The van der Waals surface area contributed by atoms with Crippen LogP contribution in [0.5, 0.6) is 0 Å². The van der Waals surface area contributed by atoms with Crippen LogP contribution in [0.15, 0.2) is 36.5 Å². The van der Waals surface area contributed by atoms with Gasteiger partial charge in [-0.25, -0.2) is 4.98 Å². The fraction of sp³-hybridized carbons (Fsp3) is 0.375. The SMILES string of the molecule is CCNCc1ccc(N(C)Cc2cccc(C)n2)nc1. The fourth-order valence-corrected chi connectivity index (χ4v) is 2.03. The van der Waals surface area contributed by atoms with Crippen molar-refractivity contribution in [2.45, 2.75) is 26.9 Å². The Morgan fingerprint density at radius 1 is 1.20 bits per heavy atom. The molecule has 2 heterocycles. The Morgan fingerprint density at radius 3 is 2.70 bits per heavy atom. The lowest BCUT2D eigenvalue weighted by atomic mass is 10.2.